The lowest BCUT2D eigenvalue weighted by atomic mass is 10.2. The first-order chi connectivity index (χ1) is 10.4. The largest absolute Gasteiger partial charge is 0.307 e. The molecule has 5 heteroatoms. The molecule has 0 aromatic carbocycles. The molecular formula is C16H23N5. The van der Waals surface area contributed by atoms with Crippen LogP contribution in [0.1, 0.15) is 44.1 Å². The highest BCUT2D eigenvalue weighted by molar-refractivity contribution is 5.71. The molecule has 2 aliphatic rings. The Kier molecular flexibility index (Phi) is 3.39. The summed E-state index contributed by atoms with van der Waals surface area (Å²) in [7, 11) is 0. The third-order valence-corrected chi connectivity index (χ3v) is 4.91. The van der Waals surface area contributed by atoms with Crippen molar-refractivity contribution >= 4 is 11.2 Å². The molecule has 2 atom stereocenters. The quantitative estimate of drug-likeness (QED) is 0.938. The molecular weight excluding hydrogens is 262 g/mol. The van der Waals surface area contributed by atoms with Gasteiger partial charge in [0, 0.05) is 19.3 Å². The Morgan fingerprint density at radius 1 is 1.38 bits per heavy atom. The van der Waals surface area contributed by atoms with E-state index in [4.69, 9.17) is 4.98 Å². The fourth-order valence-corrected chi connectivity index (χ4v) is 3.77. The predicted octanol–water partition coefficient (Wildman–Crippen LogP) is 2.12. The lowest BCUT2D eigenvalue weighted by Crippen LogP contribution is -2.24. The van der Waals surface area contributed by atoms with Crippen LogP contribution in [0.5, 0.6) is 0 Å². The highest BCUT2D eigenvalue weighted by Crippen LogP contribution is 2.32. The van der Waals surface area contributed by atoms with Crippen LogP contribution in [0.25, 0.3) is 11.2 Å². The number of hydrogen-bond donors (Lipinski definition) is 1. The van der Waals surface area contributed by atoms with Crippen LogP contribution in [0.15, 0.2) is 18.3 Å². The Bertz CT molecular complexity index is 629. The second-order valence-corrected chi connectivity index (χ2v) is 6.17. The number of hydrogen-bond acceptors (Lipinski definition) is 4. The minimum absolute atomic E-state index is 0.398. The molecule has 1 N–H and O–H groups in total. The maximum absolute atomic E-state index is 4.91. The molecule has 5 nitrogen and oxygen atoms in total. The first-order valence-corrected chi connectivity index (χ1v) is 8.15. The molecule has 2 aromatic rings. The molecule has 0 amide bonds. The minimum atomic E-state index is 0.398. The van der Waals surface area contributed by atoms with Gasteiger partial charge in [-0.25, -0.2) is 9.97 Å². The highest BCUT2D eigenvalue weighted by Gasteiger charge is 2.30. The highest BCUT2D eigenvalue weighted by atomic mass is 15.2. The molecule has 2 fully saturated rings. The predicted molar refractivity (Wildman–Crippen MR) is 83.3 cm³/mol. The third kappa shape index (κ3) is 2.24. The smallest absolute Gasteiger partial charge is 0.160 e. The molecule has 0 radical (unpaired) electrons. The van der Waals surface area contributed by atoms with Gasteiger partial charge in [-0.05, 0) is 44.5 Å². The number of likely N-dealkylation sites (tertiary alicyclic amines) is 1. The molecule has 0 spiro atoms. The van der Waals surface area contributed by atoms with E-state index in [-0.39, 0.29) is 0 Å². The van der Waals surface area contributed by atoms with Crippen molar-refractivity contribution in [2.24, 2.45) is 0 Å². The molecule has 0 saturated carbocycles. The SMILES string of the molecule is CCN1CCC(n2c(C3CCCN3)nc3cccnc32)C1. The van der Waals surface area contributed by atoms with Crippen LogP contribution < -0.4 is 5.32 Å². The van der Waals surface area contributed by atoms with E-state index in [0.29, 0.717) is 12.1 Å². The number of likely N-dealkylation sites (N-methyl/N-ethyl adjacent to an activating group) is 1. The molecule has 21 heavy (non-hydrogen) atoms. The van der Waals surface area contributed by atoms with Gasteiger partial charge >= 0.3 is 0 Å². The summed E-state index contributed by atoms with van der Waals surface area (Å²) in [6.07, 6.45) is 5.52. The average Bonchev–Trinajstić information content (AvgIpc) is 3.24. The topological polar surface area (TPSA) is 46.0 Å². The van der Waals surface area contributed by atoms with Gasteiger partial charge in [0.2, 0.25) is 0 Å². The van der Waals surface area contributed by atoms with Gasteiger partial charge in [-0.1, -0.05) is 6.92 Å². The van der Waals surface area contributed by atoms with Gasteiger partial charge in [-0.2, -0.15) is 0 Å². The van der Waals surface area contributed by atoms with Crippen LogP contribution >= 0.6 is 0 Å². The van der Waals surface area contributed by atoms with Crippen molar-refractivity contribution in [1.29, 1.82) is 0 Å². The molecule has 2 unspecified atom stereocenters. The summed E-state index contributed by atoms with van der Waals surface area (Å²) in [6, 6.07) is 4.99. The van der Waals surface area contributed by atoms with Gasteiger partial charge in [0.25, 0.3) is 0 Å². The van der Waals surface area contributed by atoms with Crippen LogP contribution in [-0.4, -0.2) is 45.6 Å². The van der Waals surface area contributed by atoms with Gasteiger partial charge in [0.05, 0.1) is 12.1 Å². The summed E-state index contributed by atoms with van der Waals surface area (Å²) < 4.78 is 2.42. The number of nitrogens with one attached hydrogen (secondary N) is 1. The number of fused-ring (bicyclic) bond motifs is 1. The van der Waals surface area contributed by atoms with E-state index < -0.39 is 0 Å². The van der Waals surface area contributed by atoms with E-state index in [1.165, 1.54) is 31.6 Å². The molecule has 4 rings (SSSR count). The van der Waals surface area contributed by atoms with E-state index in [2.05, 4.69) is 32.8 Å². The van der Waals surface area contributed by atoms with Gasteiger partial charge in [-0.3, -0.25) is 0 Å². The molecule has 4 heterocycles. The van der Waals surface area contributed by atoms with Gasteiger partial charge in [0.1, 0.15) is 11.3 Å². The van der Waals surface area contributed by atoms with Gasteiger partial charge in [-0.15, -0.1) is 0 Å². The second-order valence-electron chi connectivity index (χ2n) is 6.17. The van der Waals surface area contributed by atoms with Crippen LogP contribution in [0.4, 0.5) is 0 Å². The van der Waals surface area contributed by atoms with Crippen molar-refractivity contribution in [2.75, 3.05) is 26.2 Å². The summed E-state index contributed by atoms with van der Waals surface area (Å²) in [5.74, 6) is 1.20. The summed E-state index contributed by atoms with van der Waals surface area (Å²) in [5, 5.41) is 3.60. The number of pyridine rings is 1. The summed E-state index contributed by atoms with van der Waals surface area (Å²) in [5.41, 5.74) is 2.10. The van der Waals surface area contributed by atoms with Crippen molar-refractivity contribution in [3.63, 3.8) is 0 Å². The monoisotopic (exact) mass is 285 g/mol. The number of rotatable bonds is 3. The molecule has 0 bridgehead atoms. The number of nitrogens with zero attached hydrogens (tertiary/aromatic N) is 4. The zero-order valence-electron chi connectivity index (χ0n) is 12.6. The third-order valence-electron chi connectivity index (χ3n) is 4.91. The lowest BCUT2D eigenvalue weighted by molar-refractivity contribution is 0.339. The van der Waals surface area contributed by atoms with E-state index >= 15 is 0 Å². The van der Waals surface area contributed by atoms with E-state index in [1.807, 2.05) is 12.3 Å². The van der Waals surface area contributed by atoms with Crippen LogP contribution in [0.3, 0.4) is 0 Å². The Morgan fingerprint density at radius 3 is 3.10 bits per heavy atom. The van der Waals surface area contributed by atoms with Gasteiger partial charge < -0.3 is 14.8 Å². The molecule has 2 aliphatic heterocycles. The molecule has 2 saturated heterocycles. The van der Waals surface area contributed by atoms with E-state index in [1.54, 1.807) is 0 Å². The molecule has 0 aliphatic carbocycles. The van der Waals surface area contributed by atoms with E-state index in [0.717, 1.165) is 30.8 Å². The Labute approximate surface area is 125 Å². The maximum atomic E-state index is 4.91. The standard InChI is InChI=1S/C16H23N5/c1-2-20-10-7-12(11-20)21-15-14(6-4-9-18-15)19-16(21)13-5-3-8-17-13/h4,6,9,12-13,17H,2-3,5,7-8,10-11H2,1H3. The fraction of sp³-hybridized carbons (Fsp3) is 0.625. The van der Waals surface area contributed by atoms with Crippen LogP contribution in [-0.2, 0) is 0 Å². The Morgan fingerprint density at radius 2 is 2.33 bits per heavy atom. The first kappa shape index (κ1) is 13.2. The van der Waals surface area contributed by atoms with Crippen molar-refractivity contribution in [3.05, 3.63) is 24.2 Å². The van der Waals surface area contributed by atoms with Crippen molar-refractivity contribution in [3.8, 4) is 0 Å². The Balaban J connectivity index is 1.79. The van der Waals surface area contributed by atoms with Crippen molar-refractivity contribution in [1.82, 2.24) is 24.8 Å². The first-order valence-electron chi connectivity index (χ1n) is 8.15. The second kappa shape index (κ2) is 5.39. The average molecular weight is 285 g/mol. The number of aromatic nitrogens is 3. The molecule has 2 aromatic heterocycles. The summed E-state index contributed by atoms with van der Waals surface area (Å²) in [6.45, 7) is 6.79. The molecule has 112 valence electrons. The number of imidazole rings is 1. The van der Waals surface area contributed by atoms with Crippen LogP contribution in [0, 0.1) is 0 Å². The van der Waals surface area contributed by atoms with Crippen LogP contribution in [0.2, 0.25) is 0 Å². The zero-order valence-corrected chi connectivity index (χ0v) is 12.6. The lowest BCUT2D eigenvalue weighted by Gasteiger charge is -2.20. The summed E-state index contributed by atoms with van der Waals surface area (Å²) >= 11 is 0. The van der Waals surface area contributed by atoms with Crippen molar-refractivity contribution in [2.45, 2.75) is 38.3 Å². The Hall–Kier alpha value is -1.46. The van der Waals surface area contributed by atoms with Gasteiger partial charge in [0.15, 0.2) is 5.65 Å². The maximum Gasteiger partial charge on any atom is 0.160 e. The minimum Gasteiger partial charge on any atom is -0.307 e. The van der Waals surface area contributed by atoms with E-state index in [9.17, 15) is 0 Å². The summed E-state index contributed by atoms with van der Waals surface area (Å²) in [4.78, 5) is 12.1. The fourth-order valence-electron chi connectivity index (χ4n) is 3.77. The van der Waals surface area contributed by atoms with Crippen molar-refractivity contribution < 1.29 is 0 Å². The zero-order chi connectivity index (χ0) is 14.2. The normalized spacial score (nSPS) is 26.9.